The second-order valence-corrected chi connectivity index (χ2v) is 9.69. The Balaban J connectivity index is 1.59. The van der Waals surface area contributed by atoms with Gasteiger partial charge in [0.2, 0.25) is 11.8 Å². The molecule has 8 nitrogen and oxygen atoms in total. The van der Waals surface area contributed by atoms with E-state index in [4.69, 9.17) is 9.47 Å². The number of hydrogen-bond acceptors (Lipinski definition) is 6. The topological polar surface area (TPSA) is 96.4 Å². The number of amides is 2. The first kappa shape index (κ1) is 21.6. The van der Waals surface area contributed by atoms with Crippen molar-refractivity contribution in [2.45, 2.75) is 75.3 Å². The monoisotopic (exact) mass is 444 g/mol. The summed E-state index contributed by atoms with van der Waals surface area (Å²) < 4.78 is 11.9. The molecule has 8 heteroatoms. The number of aliphatic hydroxyl groups excluding tert-OH is 1. The van der Waals surface area contributed by atoms with Gasteiger partial charge in [-0.2, -0.15) is 0 Å². The van der Waals surface area contributed by atoms with Crippen LogP contribution < -0.4 is 0 Å². The zero-order chi connectivity index (χ0) is 22.5. The van der Waals surface area contributed by atoms with Gasteiger partial charge in [0.1, 0.15) is 17.6 Å². The van der Waals surface area contributed by atoms with Crippen molar-refractivity contribution in [3.8, 4) is 0 Å². The lowest BCUT2D eigenvalue weighted by Crippen LogP contribution is -2.59. The van der Waals surface area contributed by atoms with Crippen molar-refractivity contribution >= 4 is 17.8 Å². The average Bonchev–Trinajstić information content (AvgIpc) is 3.18. The van der Waals surface area contributed by atoms with Crippen LogP contribution >= 0.6 is 0 Å². The van der Waals surface area contributed by atoms with Gasteiger partial charge in [0.15, 0.2) is 0 Å². The molecule has 5 aliphatic rings. The number of likely N-dealkylation sites (tertiary alicyclic amines) is 1. The van der Waals surface area contributed by atoms with Crippen molar-refractivity contribution in [1.82, 2.24) is 9.80 Å². The Kier molecular flexibility index (Phi) is 5.61. The Hall–Kier alpha value is -2.19. The molecule has 1 saturated carbocycles. The summed E-state index contributed by atoms with van der Waals surface area (Å²) in [7, 11) is 0. The molecule has 1 unspecified atom stereocenters. The Labute approximate surface area is 188 Å². The van der Waals surface area contributed by atoms with Crippen LogP contribution in [0.25, 0.3) is 0 Å². The Bertz CT molecular complexity index is 849. The third-order valence-electron chi connectivity index (χ3n) is 7.84. The van der Waals surface area contributed by atoms with E-state index in [1.165, 1.54) is 11.3 Å². The zero-order valence-corrected chi connectivity index (χ0v) is 18.5. The third kappa shape index (κ3) is 3.14. The molecule has 6 atom stereocenters. The molecule has 0 aromatic rings. The van der Waals surface area contributed by atoms with Crippen LogP contribution in [0.2, 0.25) is 0 Å². The number of rotatable bonds is 3. The lowest BCUT2D eigenvalue weighted by atomic mass is 9.77. The molecule has 174 valence electrons. The molecule has 0 aromatic heterocycles. The molecule has 1 N–H and O–H groups in total. The minimum Gasteiger partial charge on any atom is -0.465 e. The molecule has 1 spiro atoms. The van der Waals surface area contributed by atoms with E-state index in [9.17, 15) is 19.5 Å². The summed E-state index contributed by atoms with van der Waals surface area (Å²) >= 11 is 0. The van der Waals surface area contributed by atoms with Crippen LogP contribution in [0.1, 0.15) is 45.4 Å². The molecule has 4 aliphatic heterocycles. The first-order chi connectivity index (χ1) is 15.5. The van der Waals surface area contributed by atoms with Gasteiger partial charge in [-0.25, -0.2) is 0 Å². The minimum atomic E-state index is -1.25. The second kappa shape index (κ2) is 8.30. The maximum atomic E-state index is 14.1. The molecule has 0 radical (unpaired) electrons. The maximum absolute atomic E-state index is 14.1. The smallest absolute Gasteiger partial charge is 0.312 e. The van der Waals surface area contributed by atoms with Gasteiger partial charge in [-0.1, -0.05) is 43.6 Å². The molecular weight excluding hydrogens is 412 g/mol. The van der Waals surface area contributed by atoms with E-state index in [2.05, 4.69) is 0 Å². The fourth-order valence-electron chi connectivity index (χ4n) is 6.35. The van der Waals surface area contributed by atoms with Crippen molar-refractivity contribution in [3.63, 3.8) is 0 Å². The largest absolute Gasteiger partial charge is 0.465 e. The Morgan fingerprint density at radius 3 is 2.69 bits per heavy atom. The standard InChI is InChI=1S/C24H32N2O6/c1-15(14-27)26-20-22(29)25(16-8-3-2-4-9-16)12-7-11-24(20)19(21(26)28)18-17(32-24)10-5-6-13-31-23(18)30/h5,7,10-11,15-20,27H,2-4,6,8-9,12-14H2,1H3/t15-,17+,18-,19+,20?,24+/m1/s1. The van der Waals surface area contributed by atoms with Gasteiger partial charge < -0.3 is 24.4 Å². The van der Waals surface area contributed by atoms with Crippen molar-refractivity contribution in [2.75, 3.05) is 19.8 Å². The van der Waals surface area contributed by atoms with Crippen molar-refractivity contribution in [1.29, 1.82) is 0 Å². The summed E-state index contributed by atoms with van der Waals surface area (Å²) in [4.78, 5) is 44.2. The van der Waals surface area contributed by atoms with Gasteiger partial charge in [-0.15, -0.1) is 0 Å². The van der Waals surface area contributed by atoms with Crippen molar-refractivity contribution in [3.05, 3.63) is 24.3 Å². The quantitative estimate of drug-likeness (QED) is 0.519. The van der Waals surface area contributed by atoms with E-state index in [0.717, 1.165) is 25.7 Å². The number of carbonyl (C=O) groups is 3. The van der Waals surface area contributed by atoms with Gasteiger partial charge >= 0.3 is 5.97 Å². The number of esters is 1. The molecule has 4 heterocycles. The van der Waals surface area contributed by atoms with Crippen LogP contribution in [-0.4, -0.2) is 82.3 Å². The maximum Gasteiger partial charge on any atom is 0.312 e. The summed E-state index contributed by atoms with van der Waals surface area (Å²) in [5.74, 6) is -2.59. The van der Waals surface area contributed by atoms with Crippen LogP contribution in [0.4, 0.5) is 0 Å². The zero-order valence-electron chi connectivity index (χ0n) is 18.5. The Morgan fingerprint density at radius 2 is 1.94 bits per heavy atom. The number of fused-ring (bicyclic) bond motifs is 2. The van der Waals surface area contributed by atoms with Crippen LogP contribution in [-0.2, 0) is 23.9 Å². The first-order valence-electron chi connectivity index (χ1n) is 11.9. The summed E-state index contributed by atoms with van der Waals surface area (Å²) in [6, 6.07) is -1.34. The number of hydrogen-bond donors (Lipinski definition) is 1. The van der Waals surface area contributed by atoms with E-state index in [0.29, 0.717) is 13.0 Å². The lowest BCUT2D eigenvalue weighted by molar-refractivity contribution is -0.156. The third-order valence-corrected chi connectivity index (χ3v) is 7.84. The molecule has 2 amide bonds. The Morgan fingerprint density at radius 1 is 1.16 bits per heavy atom. The van der Waals surface area contributed by atoms with Gasteiger partial charge in [0.25, 0.3) is 0 Å². The minimum absolute atomic E-state index is 0.136. The molecule has 1 aliphatic carbocycles. The fraction of sp³-hybridized carbons (Fsp3) is 0.708. The molecule has 32 heavy (non-hydrogen) atoms. The SMILES string of the molecule is C[C@H](CO)N1C(=O)[C@@H]2[C@@H]3C(=O)OCCC=C[C@@H]3O[C@@]23C=CCN(C2CCCCC2)C(=O)C13. The summed E-state index contributed by atoms with van der Waals surface area (Å²) in [5, 5.41) is 9.92. The first-order valence-corrected chi connectivity index (χ1v) is 11.9. The number of cyclic esters (lactones) is 1. The van der Waals surface area contributed by atoms with E-state index < -0.39 is 41.6 Å². The normalized spacial score (nSPS) is 38.5. The van der Waals surface area contributed by atoms with E-state index in [1.54, 1.807) is 6.92 Å². The number of aliphatic hydroxyl groups is 1. The van der Waals surface area contributed by atoms with E-state index in [-0.39, 0.29) is 31.1 Å². The molecule has 5 rings (SSSR count). The molecule has 0 bridgehead atoms. The number of ether oxygens (including phenoxy) is 2. The van der Waals surface area contributed by atoms with E-state index in [1.807, 2.05) is 29.2 Å². The molecular formula is C24H32N2O6. The predicted molar refractivity (Wildman–Crippen MR) is 114 cm³/mol. The van der Waals surface area contributed by atoms with Gasteiger partial charge in [0, 0.05) is 12.6 Å². The van der Waals surface area contributed by atoms with Gasteiger partial charge in [0.05, 0.1) is 31.3 Å². The fourth-order valence-corrected chi connectivity index (χ4v) is 6.35. The van der Waals surface area contributed by atoms with Crippen LogP contribution in [0, 0.1) is 11.8 Å². The van der Waals surface area contributed by atoms with Gasteiger partial charge in [-0.05, 0) is 26.2 Å². The van der Waals surface area contributed by atoms with Crippen LogP contribution in [0.15, 0.2) is 24.3 Å². The highest BCUT2D eigenvalue weighted by atomic mass is 16.6. The van der Waals surface area contributed by atoms with E-state index >= 15 is 0 Å². The number of nitrogens with zero attached hydrogens (tertiary/aromatic N) is 2. The van der Waals surface area contributed by atoms with Crippen molar-refractivity contribution < 1.29 is 29.0 Å². The highest BCUT2D eigenvalue weighted by molar-refractivity contribution is 5.99. The van der Waals surface area contributed by atoms with Crippen molar-refractivity contribution in [2.24, 2.45) is 11.8 Å². The summed E-state index contributed by atoms with van der Waals surface area (Å²) in [6.07, 6.45) is 12.7. The molecule has 2 saturated heterocycles. The summed E-state index contributed by atoms with van der Waals surface area (Å²) in [5.41, 5.74) is -1.25. The molecule has 0 aromatic carbocycles. The highest BCUT2D eigenvalue weighted by Crippen LogP contribution is 2.53. The van der Waals surface area contributed by atoms with Gasteiger partial charge in [-0.3, -0.25) is 14.4 Å². The average molecular weight is 445 g/mol. The molecule has 3 fully saturated rings. The van der Waals surface area contributed by atoms with Crippen LogP contribution in [0.5, 0.6) is 0 Å². The number of carbonyl (C=O) groups excluding carboxylic acids is 3. The second-order valence-electron chi connectivity index (χ2n) is 9.69. The lowest BCUT2D eigenvalue weighted by Gasteiger charge is -2.40. The predicted octanol–water partition coefficient (Wildman–Crippen LogP) is 1.18. The van der Waals surface area contributed by atoms with Crippen LogP contribution in [0.3, 0.4) is 0 Å². The highest BCUT2D eigenvalue weighted by Gasteiger charge is 2.72. The summed E-state index contributed by atoms with van der Waals surface area (Å²) in [6.45, 7) is 2.18.